The van der Waals surface area contributed by atoms with E-state index in [1.54, 1.807) is 23.5 Å². The molecule has 0 amide bonds. The van der Waals surface area contributed by atoms with Crippen molar-refractivity contribution in [2.45, 2.75) is 93.7 Å². The first-order valence-electron chi connectivity index (χ1n) is 9.33. The highest BCUT2D eigenvalue weighted by Gasteiger charge is 2.13. The van der Waals surface area contributed by atoms with Crippen molar-refractivity contribution in [3.63, 3.8) is 0 Å². The summed E-state index contributed by atoms with van der Waals surface area (Å²) in [6.45, 7) is 0. The SMILES string of the molecule is CSc1nc2c(c(SC)n1)CCCCCCCCCCCCC2. The van der Waals surface area contributed by atoms with Crippen LogP contribution in [0.15, 0.2) is 10.2 Å². The van der Waals surface area contributed by atoms with Gasteiger partial charge in [0.2, 0.25) is 0 Å². The molecule has 1 heterocycles. The maximum Gasteiger partial charge on any atom is 0.188 e. The zero-order valence-corrected chi connectivity index (χ0v) is 16.5. The van der Waals surface area contributed by atoms with Gasteiger partial charge in [0, 0.05) is 11.3 Å². The molecule has 1 aromatic rings. The maximum absolute atomic E-state index is 4.87. The molecule has 2 rings (SSSR count). The Labute approximate surface area is 151 Å². The van der Waals surface area contributed by atoms with Crippen molar-refractivity contribution in [1.29, 1.82) is 0 Å². The minimum absolute atomic E-state index is 0.950. The van der Waals surface area contributed by atoms with Crippen LogP contribution < -0.4 is 0 Å². The van der Waals surface area contributed by atoms with E-state index in [0.29, 0.717) is 0 Å². The third-order valence-corrected chi connectivity index (χ3v) is 6.02. The molecule has 0 atom stereocenters. The van der Waals surface area contributed by atoms with Crippen molar-refractivity contribution in [2.75, 3.05) is 12.5 Å². The average Bonchev–Trinajstić information content (AvgIpc) is 2.59. The number of aromatic nitrogens is 2. The van der Waals surface area contributed by atoms with Gasteiger partial charge in [-0.15, -0.1) is 11.8 Å². The minimum atomic E-state index is 0.950. The summed E-state index contributed by atoms with van der Waals surface area (Å²) in [4.78, 5) is 9.62. The Morgan fingerprint density at radius 3 is 1.65 bits per heavy atom. The third kappa shape index (κ3) is 6.66. The molecule has 1 aliphatic carbocycles. The highest BCUT2D eigenvalue weighted by atomic mass is 32.2. The van der Waals surface area contributed by atoms with Gasteiger partial charge in [0.05, 0.1) is 0 Å². The van der Waals surface area contributed by atoms with E-state index >= 15 is 0 Å². The first kappa shape index (κ1) is 19.1. The number of hydrogen-bond donors (Lipinski definition) is 0. The molecule has 0 aliphatic heterocycles. The minimum Gasteiger partial charge on any atom is -0.227 e. The van der Waals surface area contributed by atoms with Crippen LogP contribution in [-0.2, 0) is 12.8 Å². The molecule has 2 nitrogen and oxygen atoms in total. The van der Waals surface area contributed by atoms with Gasteiger partial charge >= 0.3 is 0 Å². The van der Waals surface area contributed by atoms with E-state index in [9.17, 15) is 0 Å². The summed E-state index contributed by atoms with van der Waals surface area (Å²) in [5.41, 5.74) is 2.79. The average molecular weight is 353 g/mol. The van der Waals surface area contributed by atoms with Crippen LogP contribution in [0.5, 0.6) is 0 Å². The van der Waals surface area contributed by atoms with E-state index in [1.165, 1.54) is 93.3 Å². The molecular formula is C19H32N2S2. The van der Waals surface area contributed by atoms with Gasteiger partial charge in [0.25, 0.3) is 0 Å². The lowest BCUT2D eigenvalue weighted by Gasteiger charge is -2.14. The Balaban J connectivity index is 2.11. The molecule has 0 saturated heterocycles. The molecule has 23 heavy (non-hydrogen) atoms. The van der Waals surface area contributed by atoms with Crippen molar-refractivity contribution >= 4 is 23.5 Å². The quantitative estimate of drug-likeness (QED) is 0.354. The number of fused-ring (bicyclic) bond motifs is 1. The molecular weight excluding hydrogens is 320 g/mol. The molecule has 0 spiro atoms. The maximum atomic E-state index is 4.87. The van der Waals surface area contributed by atoms with Gasteiger partial charge in [0.15, 0.2) is 5.16 Å². The van der Waals surface area contributed by atoms with Crippen molar-refractivity contribution in [3.8, 4) is 0 Å². The summed E-state index contributed by atoms with van der Waals surface area (Å²) in [5, 5.41) is 2.18. The number of rotatable bonds is 2. The largest absolute Gasteiger partial charge is 0.227 e. The zero-order chi connectivity index (χ0) is 16.3. The lowest BCUT2D eigenvalue weighted by molar-refractivity contribution is 0.548. The summed E-state index contributed by atoms with van der Waals surface area (Å²) in [6, 6.07) is 0. The van der Waals surface area contributed by atoms with Gasteiger partial charge in [-0.2, -0.15) is 0 Å². The summed E-state index contributed by atoms with van der Waals surface area (Å²) >= 11 is 3.47. The molecule has 0 N–H and O–H groups in total. The van der Waals surface area contributed by atoms with Crippen LogP contribution in [0.4, 0.5) is 0 Å². The molecule has 0 aromatic carbocycles. The van der Waals surface area contributed by atoms with Gasteiger partial charge in [-0.3, -0.25) is 0 Å². The second-order valence-corrected chi connectivity index (χ2v) is 8.10. The molecule has 1 aliphatic rings. The Morgan fingerprint density at radius 1 is 0.609 bits per heavy atom. The zero-order valence-electron chi connectivity index (χ0n) is 14.9. The Kier molecular flexibility index (Phi) is 9.43. The molecule has 0 unspecified atom stereocenters. The Hall–Kier alpha value is -0.220. The number of thioether (sulfide) groups is 2. The monoisotopic (exact) mass is 352 g/mol. The molecule has 4 heteroatoms. The van der Waals surface area contributed by atoms with Crippen LogP contribution in [0.1, 0.15) is 81.9 Å². The highest BCUT2D eigenvalue weighted by Crippen LogP contribution is 2.27. The molecule has 0 fully saturated rings. The second-order valence-electron chi connectivity index (χ2n) is 6.53. The Morgan fingerprint density at radius 2 is 1.13 bits per heavy atom. The normalized spacial score (nSPS) is 18.7. The first-order chi connectivity index (χ1) is 11.3. The highest BCUT2D eigenvalue weighted by molar-refractivity contribution is 7.99. The summed E-state index contributed by atoms with van der Waals surface area (Å²) in [5.74, 6) is 0. The number of aryl methyl sites for hydroxylation is 1. The smallest absolute Gasteiger partial charge is 0.188 e. The van der Waals surface area contributed by atoms with E-state index in [2.05, 4.69) is 12.5 Å². The molecule has 0 saturated carbocycles. The van der Waals surface area contributed by atoms with Gasteiger partial charge in [-0.1, -0.05) is 69.5 Å². The molecule has 130 valence electrons. The summed E-state index contributed by atoms with van der Waals surface area (Å²) in [6.07, 6.45) is 21.8. The summed E-state index contributed by atoms with van der Waals surface area (Å²) < 4.78 is 0. The van der Waals surface area contributed by atoms with Gasteiger partial charge < -0.3 is 0 Å². The van der Waals surface area contributed by atoms with Crippen LogP contribution in [0.3, 0.4) is 0 Å². The summed E-state index contributed by atoms with van der Waals surface area (Å²) in [7, 11) is 0. The predicted octanol–water partition coefficient (Wildman–Crippen LogP) is 6.31. The van der Waals surface area contributed by atoms with Gasteiger partial charge in [-0.05, 0) is 38.2 Å². The molecule has 1 aromatic heterocycles. The fourth-order valence-electron chi connectivity index (χ4n) is 3.39. The van der Waals surface area contributed by atoms with Gasteiger partial charge in [0.1, 0.15) is 5.03 Å². The van der Waals surface area contributed by atoms with Crippen LogP contribution >= 0.6 is 23.5 Å². The standard InChI is InChI=1S/C19H32N2S2/c1-22-18-16-14-12-10-8-6-4-3-5-7-9-11-13-15-17(16)20-19(21-18)23-2/h3-15H2,1-2H3. The van der Waals surface area contributed by atoms with Crippen molar-refractivity contribution < 1.29 is 0 Å². The fraction of sp³-hybridized carbons (Fsp3) is 0.789. The number of nitrogens with zero attached hydrogens (tertiary/aromatic N) is 2. The third-order valence-electron chi connectivity index (χ3n) is 4.75. The van der Waals surface area contributed by atoms with Crippen LogP contribution in [0.25, 0.3) is 0 Å². The van der Waals surface area contributed by atoms with Crippen LogP contribution in [-0.4, -0.2) is 22.5 Å². The topological polar surface area (TPSA) is 25.8 Å². The molecule has 0 radical (unpaired) electrons. The van der Waals surface area contributed by atoms with E-state index in [0.717, 1.165) is 11.6 Å². The second kappa shape index (κ2) is 11.4. The van der Waals surface area contributed by atoms with Crippen molar-refractivity contribution in [1.82, 2.24) is 9.97 Å². The lowest BCUT2D eigenvalue weighted by Crippen LogP contribution is -2.05. The van der Waals surface area contributed by atoms with Crippen molar-refractivity contribution in [3.05, 3.63) is 11.3 Å². The van der Waals surface area contributed by atoms with Crippen LogP contribution in [0.2, 0.25) is 0 Å². The number of hydrogen-bond acceptors (Lipinski definition) is 4. The Bertz CT molecular complexity index is 463. The van der Waals surface area contributed by atoms with E-state index in [1.807, 2.05) is 0 Å². The van der Waals surface area contributed by atoms with Crippen molar-refractivity contribution in [2.24, 2.45) is 0 Å². The van der Waals surface area contributed by atoms with E-state index in [-0.39, 0.29) is 0 Å². The van der Waals surface area contributed by atoms with E-state index < -0.39 is 0 Å². The van der Waals surface area contributed by atoms with Gasteiger partial charge in [-0.25, -0.2) is 9.97 Å². The lowest BCUT2D eigenvalue weighted by atomic mass is 10.0. The van der Waals surface area contributed by atoms with E-state index in [4.69, 9.17) is 9.97 Å². The fourth-order valence-corrected chi connectivity index (χ4v) is 4.47. The predicted molar refractivity (Wildman–Crippen MR) is 104 cm³/mol. The first-order valence-corrected chi connectivity index (χ1v) is 11.8. The molecule has 0 bridgehead atoms. The van der Waals surface area contributed by atoms with Crippen LogP contribution in [0, 0.1) is 0 Å².